The Kier molecular flexibility index (Phi) is 4.99. The van der Waals surface area contributed by atoms with Crippen molar-refractivity contribution < 1.29 is 14.0 Å². The lowest BCUT2D eigenvalue weighted by molar-refractivity contribution is -0.127. The first-order valence-corrected chi connectivity index (χ1v) is 7.62. The van der Waals surface area contributed by atoms with Crippen LogP contribution in [-0.2, 0) is 9.59 Å². The van der Waals surface area contributed by atoms with Crippen molar-refractivity contribution in [2.24, 2.45) is 0 Å². The van der Waals surface area contributed by atoms with Crippen LogP contribution in [0.5, 0.6) is 0 Å². The summed E-state index contributed by atoms with van der Waals surface area (Å²) in [5, 5.41) is 13.5. The van der Waals surface area contributed by atoms with Gasteiger partial charge < -0.3 is 15.1 Å². The Morgan fingerprint density at radius 2 is 2.20 bits per heavy atom. The number of likely N-dealkylation sites (N-methyl/N-ethyl adjacent to an activating group) is 1. The number of carbonyl (C=O) groups excluding carboxylic acids is 2. The van der Waals surface area contributed by atoms with Gasteiger partial charge in [-0.25, -0.2) is 0 Å². The Bertz CT molecular complexity index is 487. The van der Waals surface area contributed by atoms with Crippen LogP contribution >= 0.6 is 11.8 Å². The number of carbonyl (C=O) groups is 2. The molecule has 0 unspecified atom stereocenters. The molecule has 0 aliphatic heterocycles. The monoisotopic (exact) mass is 298 g/mol. The molecule has 7 nitrogen and oxygen atoms in total. The van der Waals surface area contributed by atoms with E-state index in [9.17, 15) is 9.59 Å². The van der Waals surface area contributed by atoms with Crippen molar-refractivity contribution in [2.75, 3.05) is 12.3 Å². The van der Waals surface area contributed by atoms with Gasteiger partial charge in [0, 0.05) is 12.5 Å². The molecule has 0 aromatic carbocycles. The van der Waals surface area contributed by atoms with Crippen LogP contribution in [0.1, 0.15) is 38.5 Å². The van der Waals surface area contributed by atoms with E-state index in [0.29, 0.717) is 23.6 Å². The van der Waals surface area contributed by atoms with Crippen molar-refractivity contribution in [3.05, 3.63) is 5.89 Å². The molecular weight excluding hydrogens is 280 g/mol. The van der Waals surface area contributed by atoms with Crippen molar-refractivity contribution in [3.63, 3.8) is 0 Å². The number of hydrogen-bond donors (Lipinski definition) is 2. The number of aromatic nitrogens is 2. The van der Waals surface area contributed by atoms with Gasteiger partial charge in [-0.2, -0.15) is 0 Å². The molecular formula is C12H18N4O3S. The van der Waals surface area contributed by atoms with E-state index in [1.807, 2.05) is 6.92 Å². The summed E-state index contributed by atoms with van der Waals surface area (Å²) in [5.41, 5.74) is 0. The van der Waals surface area contributed by atoms with Crippen molar-refractivity contribution in [1.82, 2.24) is 20.8 Å². The molecule has 1 aliphatic rings. The van der Waals surface area contributed by atoms with Crippen LogP contribution in [0.25, 0.3) is 0 Å². The van der Waals surface area contributed by atoms with Crippen molar-refractivity contribution >= 4 is 23.6 Å². The zero-order chi connectivity index (χ0) is 14.5. The fraction of sp³-hybridized carbons (Fsp3) is 0.667. The van der Waals surface area contributed by atoms with E-state index in [2.05, 4.69) is 20.8 Å². The molecule has 1 aliphatic carbocycles. The summed E-state index contributed by atoms with van der Waals surface area (Å²) >= 11 is 1.18. The van der Waals surface area contributed by atoms with E-state index < -0.39 is 6.04 Å². The summed E-state index contributed by atoms with van der Waals surface area (Å²) < 4.78 is 5.43. The van der Waals surface area contributed by atoms with Crippen LogP contribution in [-0.4, -0.2) is 40.4 Å². The van der Waals surface area contributed by atoms with Gasteiger partial charge in [0.2, 0.25) is 17.7 Å². The SMILES string of the molecule is CCNC(=O)[C@H](C)NC(=O)CSc1nnc(C2CC2)o1. The summed E-state index contributed by atoms with van der Waals surface area (Å²) in [6.45, 7) is 4.01. The minimum Gasteiger partial charge on any atom is -0.416 e. The second kappa shape index (κ2) is 6.74. The van der Waals surface area contributed by atoms with Crippen molar-refractivity contribution in [2.45, 2.75) is 43.9 Å². The maximum atomic E-state index is 11.7. The van der Waals surface area contributed by atoms with E-state index in [1.54, 1.807) is 6.92 Å². The highest BCUT2D eigenvalue weighted by atomic mass is 32.2. The van der Waals surface area contributed by atoms with Gasteiger partial charge in [-0.05, 0) is 26.7 Å². The zero-order valence-electron chi connectivity index (χ0n) is 11.5. The Morgan fingerprint density at radius 1 is 1.45 bits per heavy atom. The van der Waals surface area contributed by atoms with Crippen LogP contribution in [0.3, 0.4) is 0 Å². The fourth-order valence-corrected chi connectivity index (χ4v) is 2.16. The lowest BCUT2D eigenvalue weighted by Crippen LogP contribution is -2.45. The largest absolute Gasteiger partial charge is 0.416 e. The highest BCUT2D eigenvalue weighted by Crippen LogP contribution is 2.39. The molecule has 0 bridgehead atoms. The Balaban J connectivity index is 1.72. The Morgan fingerprint density at radius 3 is 2.85 bits per heavy atom. The summed E-state index contributed by atoms with van der Waals surface area (Å²) in [6.07, 6.45) is 2.19. The van der Waals surface area contributed by atoms with Crippen LogP contribution in [0.4, 0.5) is 0 Å². The van der Waals surface area contributed by atoms with Gasteiger partial charge in [-0.1, -0.05) is 11.8 Å². The van der Waals surface area contributed by atoms with Gasteiger partial charge in [0.25, 0.3) is 5.22 Å². The first-order valence-electron chi connectivity index (χ1n) is 6.63. The van der Waals surface area contributed by atoms with Crippen molar-refractivity contribution in [3.8, 4) is 0 Å². The summed E-state index contributed by atoms with van der Waals surface area (Å²) in [4.78, 5) is 23.2. The second-order valence-electron chi connectivity index (χ2n) is 4.65. The smallest absolute Gasteiger partial charge is 0.277 e. The molecule has 1 atom stereocenters. The molecule has 0 radical (unpaired) electrons. The zero-order valence-corrected chi connectivity index (χ0v) is 12.3. The normalized spacial score (nSPS) is 15.7. The molecule has 0 spiro atoms. The van der Waals surface area contributed by atoms with E-state index in [0.717, 1.165) is 12.8 Å². The quantitative estimate of drug-likeness (QED) is 0.718. The minimum absolute atomic E-state index is 0.149. The highest BCUT2D eigenvalue weighted by Gasteiger charge is 2.29. The molecule has 1 heterocycles. The minimum atomic E-state index is -0.548. The summed E-state index contributed by atoms with van der Waals surface area (Å²) in [7, 11) is 0. The number of nitrogens with one attached hydrogen (secondary N) is 2. The summed E-state index contributed by atoms with van der Waals surface area (Å²) in [5.74, 6) is 0.780. The summed E-state index contributed by atoms with van der Waals surface area (Å²) in [6, 6.07) is -0.548. The Labute approximate surface area is 121 Å². The lowest BCUT2D eigenvalue weighted by Gasteiger charge is -2.12. The topological polar surface area (TPSA) is 97.1 Å². The molecule has 1 aromatic rings. The number of rotatable bonds is 7. The number of nitrogens with zero attached hydrogens (tertiary/aromatic N) is 2. The first kappa shape index (κ1) is 14.8. The van der Waals surface area contributed by atoms with Gasteiger partial charge in [0.1, 0.15) is 6.04 Å². The maximum absolute atomic E-state index is 11.7. The number of hydrogen-bond acceptors (Lipinski definition) is 6. The molecule has 20 heavy (non-hydrogen) atoms. The number of amides is 2. The molecule has 8 heteroatoms. The predicted octanol–water partition coefficient (Wildman–Crippen LogP) is 0.680. The molecule has 110 valence electrons. The molecule has 1 fully saturated rings. The van der Waals surface area contributed by atoms with Crippen LogP contribution < -0.4 is 10.6 Å². The average Bonchev–Trinajstić information content (AvgIpc) is 3.16. The highest BCUT2D eigenvalue weighted by molar-refractivity contribution is 7.99. The number of thioether (sulfide) groups is 1. The Hall–Kier alpha value is -1.57. The third-order valence-electron chi connectivity index (χ3n) is 2.80. The van der Waals surface area contributed by atoms with E-state index >= 15 is 0 Å². The second-order valence-corrected chi connectivity index (χ2v) is 5.58. The van der Waals surface area contributed by atoms with E-state index in [4.69, 9.17) is 4.42 Å². The third kappa shape index (κ3) is 4.22. The van der Waals surface area contributed by atoms with Gasteiger partial charge in [-0.15, -0.1) is 10.2 Å². The standard InChI is InChI=1S/C12H18N4O3S/c1-3-13-10(18)7(2)14-9(17)6-20-12-16-15-11(19-12)8-4-5-8/h7-8H,3-6H2,1-2H3,(H,13,18)(H,14,17)/t7-/m0/s1. The fourth-order valence-electron chi connectivity index (χ4n) is 1.58. The third-order valence-corrected chi connectivity index (χ3v) is 3.62. The molecule has 2 rings (SSSR count). The van der Waals surface area contributed by atoms with Crippen molar-refractivity contribution in [1.29, 1.82) is 0 Å². The predicted molar refractivity (Wildman–Crippen MR) is 73.3 cm³/mol. The van der Waals surface area contributed by atoms with Gasteiger partial charge in [0.05, 0.1) is 5.75 Å². The first-order chi connectivity index (χ1) is 9.60. The molecule has 1 aromatic heterocycles. The van der Waals surface area contributed by atoms with Gasteiger partial charge in [0.15, 0.2) is 0 Å². The maximum Gasteiger partial charge on any atom is 0.277 e. The lowest BCUT2D eigenvalue weighted by atomic mass is 10.3. The van der Waals surface area contributed by atoms with Gasteiger partial charge in [-0.3, -0.25) is 9.59 Å². The molecule has 2 amide bonds. The molecule has 0 saturated heterocycles. The van der Waals surface area contributed by atoms with Gasteiger partial charge >= 0.3 is 0 Å². The average molecular weight is 298 g/mol. The van der Waals surface area contributed by atoms with Crippen LogP contribution in [0.2, 0.25) is 0 Å². The molecule has 2 N–H and O–H groups in total. The van der Waals surface area contributed by atoms with E-state index in [-0.39, 0.29) is 17.6 Å². The molecule has 1 saturated carbocycles. The van der Waals surface area contributed by atoms with E-state index in [1.165, 1.54) is 11.8 Å². The van der Waals surface area contributed by atoms with Crippen LogP contribution in [0, 0.1) is 0 Å². The van der Waals surface area contributed by atoms with Crippen LogP contribution in [0.15, 0.2) is 9.64 Å².